The van der Waals surface area contributed by atoms with Gasteiger partial charge in [0.1, 0.15) is 11.1 Å². The average molecular weight is 334 g/mol. The van der Waals surface area contributed by atoms with E-state index >= 15 is 0 Å². The number of benzene rings is 1. The monoisotopic (exact) mass is 334 g/mol. The lowest BCUT2D eigenvalue weighted by Gasteiger charge is -2.23. The Hall–Kier alpha value is -2.12. The SMILES string of the molecule is N#Cc1cc2c(nc1S[C@@H]1CCc3ccccc3C1=O)CCCC2. The van der Waals surface area contributed by atoms with Crippen LogP contribution in [-0.4, -0.2) is 16.0 Å². The maximum atomic E-state index is 12.8. The summed E-state index contributed by atoms with van der Waals surface area (Å²) in [7, 11) is 0. The second-order valence-corrected chi connectivity index (χ2v) is 7.62. The van der Waals surface area contributed by atoms with Gasteiger partial charge in [-0.15, -0.1) is 0 Å². The molecule has 24 heavy (non-hydrogen) atoms. The number of aryl methyl sites for hydroxylation is 3. The van der Waals surface area contributed by atoms with Crippen LogP contribution in [0.2, 0.25) is 0 Å². The maximum absolute atomic E-state index is 12.8. The third-order valence-electron chi connectivity index (χ3n) is 4.89. The largest absolute Gasteiger partial charge is 0.293 e. The predicted octanol–water partition coefficient (Wildman–Crippen LogP) is 4.12. The summed E-state index contributed by atoms with van der Waals surface area (Å²) in [6.07, 6.45) is 6.04. The van der Waals surface area contributed by atoms with Crippen molar-refractivity contribution < 1.29 is 4.79 Å². The van der Waals surface area contributed by atoms with E-state index in [1.54, 1.807) is 0 Å². The number of fused-ring (bicyclic) bond motifs is 2. The molecule has 4 heteroatoms. The summed E-state index contributed by atoms with van der Waals surface area (Å²) < 4.78 is 0. The maximum Gasteiger partial charge on any atom is 0.176 e. The van der Waals surface area contributed by atoms with Crippen molar-refractivity contribution in [1.82, 2.24) is 4.98 Å². The number of nitriles is 1. The molecule has 2 aliphatic rings. The van der Waals surface area contributed by atoms with Crippen LogP contribution in [0.5, 0.6) is 0 Å². The van der Waals surface area contributed by atoms with Crippen molar-refractivity contribution >= 4 is 17.5 Å². The molecule has 0 spiro atoms. The van der Waals surface area contributed by atoms with Gasteiger partial charge in [0.05, 0.1) is 10.8 Å². The smallest absolute Gasteiger partial charge is 0.176 e. The molecule has 0 fully saturated rings. The van der Waals surface area contributed by atoms with Crippen molar-refractivity contribution in [3.05, 3.63) is 58.3 Å². The Morgan fingerprint density at radius 2 is 1.96 bits per heavy atom. The normalized spacial score (nSPS) is 19.3. The second-order valence-electron chi connectivity index (χ2n) is 6.43. The predicted molar refractivity (Wildman–Crippen MR) is 94.3 cm³/mol. The molecular weight excluding hydrogens is 316 g/mol. The molecule has 0 saturated heterocycles. The van der Waals surface area contributed by atoms with Crippen molar-refractivity contribution in [3.63, 3.8) is 0 Å². The molecule has 120 valence electrons. The standard InChI is InChI=1S/C20H18N2OS/c21-12-15-11-14-6-2-4-8-17(14)22-20(15)24-18-10-9-13-5-1-3-7-16(13)19(18)23/h1,3,5,7,11,18H,2,4,6,8-10H2/t18-/m1/s1. The summed E-state index contributed by atoms with van der Waals surface area (Å²) in [4.78, 5) is 17.5. The van der Waals surface area contributed by atoms with Crippen molar-refractivity contribution in [3.8, 4) is 6.07 Å². The van der Waals surface area contributed by atoms with Crippen molar-refractivity contribution in [2.45, 2.75) is 48.8 Å². The molecule has 2 aliphatic carbocycles. The number of Topliss-reactive ketones (excluding diaryl/α,β-unsaturated/α-hetero) is 1. The molecule has 1 aromatic heterocycles. The van der Waals surface area contributed by atoms with E-state index in [1.807, 2.05) is 30.3 Å². The van der Waals surface area contributed by atoms with Crippen LogP contribution in [0.25, 0.3) is 0 Å². The number of ketones is 1. The summed E-state index contributed by atoms with van der Waals surface area (Å²) in [5.41, 5.74) is 4.91. The highest BCUT2D eigenvalue weighted by atomic mass is 32.2. The van der Waals surface area contributed by atoms with Gasteiger partial charge in [-0.3, -0.25) is 4.79 Å². The fraction of sp³-hybridized carbons (Fsp3) is 0.350. The van der Waals surface area contributed by atoms with E-state index in [1.165, 1.54) is 23.7 Å². The number of pyridine rings is 1. The van der Waals surface area contributed by atoms with Crippen molar-refractivity contribution in [2.75, 3.05) is 0 Å². The van der Waals surface area contributed by atoms with Crippen LogP contribution in [0.15, 0.2) is 35.4 Å². The Kier molecular flexibility index (Phi) is 4.12. The number of hydrogen-bond donors (Lipinski definition) is 0. The minimum atomic E-state index is -0.138. The van der Waals surface area contributed by atoms with E-state index in [9.17, 15) is 10.1 Å². The highest BCUT2D eigenvalue weighted by Gasteiger charge is 2.29. The van der Waals surface area contributed by atoms with Crippen molar-refractivity contribution in [1.29, 1.82) is 5.26 Å². The van der Waals surface area contributed by atoms with E-state index < -0.39 is 0 Å². The molecule has 2 aromatic rings. The van der Waals surface area contributed by atoms with E-state index in [0.29, 0.717) is 5.56 Å². The molecule has 0 aliphatic heterocycles. The first-order chi connectivity index (χ1) is 11.8. The van der Waals surface area contributed by atoms with E-state index in [0.717, 1.165) is 54.0 Å². The number of carbonyl (C=O) groups is 1. The van der Waals surface area contributed by atoms with Gasteiger partial charge in [-0.05, 0) is 55.7 Å². The minimum absolute atomic E-state index is 0.138. The lowest BCUT2D eigenvalue weighted by atomic mass is 9.90. The summed E-state index contributed by atoms with van der Waals surface area (Å²) in [6.45, 7) is 0. The second kappa shape index (κ2) is 6.41. The minimum Gasteiger partial charge on any atom is -0.293 e. The summed E-state index contributed by atoms with van der Waals surface area (Å²) >= 11 is 1.48. The van der Waals surface area contributed by atoms with Gasteiger partial charge in [0.25, 0.3) is 0 Å². The van der Waals surface area contributed by atoms with Gasteiger partial charge in [-0.2, -0.15) is 5.26 Å². The fourth-order valence-electron chi connectivity index (χ4n) is 3.60. The summed E-state index contributed by atoms with van der Waals surface area (Å²) in [5, 5.41) is 10.1. The molecule has 1 heterocycles. The van der Waals surface area contributed by atoms with Gasteiger partial charge in [0.15, 0.2) is 5.78 Å². The van der Waals surface area contributed by atoms with Gasteiger partial charge in [-0.25, -0.2) is 4.98 Å². The Bertz CT molecular complexity index is 853. The van der Waals surface area contributed by atoms with Crippen LogP contribution in [0.4, 0.5) is 0 Å². The van der Waals surface area contributed by atoms with Gasteiger partial charge < -0.3 is 0 Å². The summed E-state index contributed by atoms with van der Waals surface area (Å²) in [5.74, 6) is 0.172. The third-order valence-corrected chi connectivity index (χ3v) is 6.16. The first kappa shape index (κ1) is 15.4. The number of thioether (sulfide) groups is 1. The lowest BCUT2D eigenvalue weighted by molar-refractivity contribution is 0.0979. The zero-order chi connectivity index (χ0) is 16.5. The molecule has 0 bridgehead atoms. The quantitative estimate of drug-likeness (QED) is 0.829. The van der Waals surface area contributed by atoms with Crippen LogP contribution in [0, 0.1) is 11.3 Å². The number of nitrogens with zero attached hydrogens (tertiary/aromatic N) is 2. The Morgan fingerprint density at radius 1 is 1.12 bits per heavy atom. The van der Waals surface area contributed by atoms with Crippen LogP contribution in [0.1, 0.15) is 52.0 Å². The highest BCUT2D eigenvalue weighted by Crippen LogP contribution is 2.35. The highest BCUT2D eigenvalue weighted by molar-refractivity contribution is 8.00. The van der Waals surface area contributed by atoms with Crippen LogP contribution in [0.3, 0.4) is 0 Å². The number of rotatable bonds is 2. The summed E-state index contributed by atoms with van der Waals surface area (Å²) in [6, 6.07) is 12.1. The zero-order valence-electron chi connectivity index (χ0n) is 13.4. The lowest BCUT2D eigenvalue weighted by Crippen LogP contribution is -2.25. The zero-order valence-corrected chi connectivity index (χ0v) is 14.2. The van der Waals surface area contributed by atoms with E-state index in [2.05, 4.69) is 6.07 Å². The Balaban J connectivity index is 1.64. The average Bonchev–Trinajstić information content (AvgIpc) is 2.63. The Labute approximate surface area is 146 Å². The van der Waals surface area contributed by atoms with Crippen LogP contribution >= 0.6 is 11.8 Å². The molecule has 4 rings (SSSR count). The molecule has 0 radical (unpaired) electrons. The molecule has 0 unspecified atom stereocenters. The van der Waals surface area contributed by atoms with Gasteiger partial charge in [0.2, 0.25) is 0 Å². The van der Waals surface area contributed by atoms with Gasteiger partial charge in [-0.1, -0.05) is 36.0 Å². The number of carbonyl (C=O) groups excluding carboxylic acids is 1. The van der Waals surface area contributed by atoms with E-state index in [4.69, 9.17) is 4.98 Å². The first-order valence-electron chi connectivity index (χ1n) is 8.48. The first-order valence-corrected chi connectivity index (χ1v) is 9.36. The molecular formula is C20H18N2OS. The number of aromatic nitrogens is 1. The molecule has 3 nitrogen and oxygen atoms in total. The van der Waals surface area contributed by atoms with Gasteiger partial charge >= 0.3 is 0 Å². The molecule has 0 saturated carbocycles. The van der Waals surface area contributed by atoms with Crippen LogP contribution < -0.4 is 0 Å². The molecule has 0 N–H and O–H groups in total. The van der Waals surface area contributed by atoms with Crippen LogP contribution in [-0.2, 0) is 19.3 Å². The van der Waals surface area contributed by atoms with Crippen molar-refractivity contribution in [2.24, 2.45) is 0 Å². The topological polar surface area (TPSA) is 53.8 Å². The fourth-order valence-corrected chi connectivity index (χ4v) is 4.74. The Morgan fingerprint density at radius 3 is 2.83 bits per heavy atom. The molecule has 1 aromatic carbocycles. The van der Waals surface area contributed by atoms with E-state index in [-0.39, 0.29) is 11.0 Å². The third kappa shape index (κ3) is 2.74. The molecule has 1 atom stereocenters. The molecule has 0 amide bonds. The van der Waals surface area contributed by atoms with Gasteiger partial charge in [0, 0.05) is 11.3 Å². The number of hydrogen-bond acceptors (Lipinski definition) is 4.